The van der Waals surface area contributed by atoms with E-state index < -0.39 is 0 Å². The van der Waals surface area contributed by atoms with Crippen molar-refractivity contribution in [3.8, 4) is 5.69 Å². The van der Waals surface area contributed by atoms with E-state index in [2.05, 4.69) is 105 Å². The van der Waals surface area contributed by atoms with Crippen molar-refractivity contribution in [1.29, 1.82) is 0 Å². The van der Waals surface area contributed by atoms with E-state index in [-0.39, 0.29) is 0 Å². The van der Waals surface area contributed by atoms with Gasteiger partial charge in [-0.15, -0.1) is 5.10 Å². The summed E-state index contributed by atoms with van der Waals surface area (Å²) in [5, 5.41) is 14.6. The summed E-state index contributed by atoms with van der Waals surface area (Å²) in [6.07, 6.45) is 1.15. The van der Waals surface area contributed by atoms with E-state index >= 15 is 0 Å². The zero-order valence-corrected chi connectivity index (χ0v) is 23.6. The van der Waals surface area contributed by atoms with Crippen molar-refractivity contribution in [2.75, 3.05) is 5.01 Å². The van der Waals surface area contributed by atoms with E-state index in [1.165, 1.54) is 21.8 Å². The van der Waals surface area contributed by atoms with Crippen LogP contribution in [0.15, 0.2) is 114 Å². The lowest BCUT2D eigenvalue weighted by Gasteiger charge is -2.18. The molecule has 5 heteroatoms. The van der Waals surface area contributed by atoms with Gasteiger partial charge in [0.15, 0.2) is 5.82 Å². The van der Waals surface area contributed by atoms with Gasteiger partial charge in [-0.25, -0.2) is 9.69 Å². The molecule has 0 amide bonds. The summed E-state index contributed by atoms with van der Waals surface area (Å²) in [6, 6.07) is 38.0. The minimum absolute atomic E-state index is 0.655. The third-order valence-corrected chi connectivity index (χ3v) is 7.46. The van der Waals surface area contributed by atoms with Gasteiger partial charge in [0, 0.05) is 40.1 Å². The number of fused-ring (bicyclic) bond motifs is 3. The quantitative estimate of drug-likeness (QED) is 0.147. The highest BCUT2D eigenvalue weighted by atomic mass is 15.5. The summed E-state index contributed by atoms with van der Waals surface area (Å²) < 4.78 is 4.43. The van der Waals surface area contributed by atoms with Crippen molar-refractivity contribution in [3.63, 3.8) is 0 Å². The standard InChI is InChI=1S/C35H35N5/c1-25(2)21-22-38-33-18-12-11-17-31(33)32-24-28(19-20-34(32)38)27(4)36-40(30-15-9-6-10-16-30)35-23-26(3)39(37-35)29-13-7-5-8-14-29/h5-20,23-25H,21-22H2,1-4H3. The Hall–Kier alpha value is -4.64. The largest absolute Gasteiger partial charge is 0.340 e. The number of rotatable bonds is 8. The maximum absolute atomic E-state index is 5.16. The molecule has 0 saturated heterocycles. The number of nitrogens with zero attached hydrogens (tertiary/aromatic N) is 5. The molecular weight excluding hydrogens is 490 g/mol. The molecule has 0 N–H and O–H groups in total. The van der Waals surface area contributed by atoms with Crippen LogP contribution in [0.4, 0.5) is 11.5 Å². The summed E-state index contributed by atoms with van der Waals surface area (Å²) in [7, 11) is 0. The van der Waals surface area contributed by atoms with Gasteiger partial charge in [-0.1, -0.05) is 74.5 Å². The molecule has 0 unspecified atom stereocenters. The highest BCUT2D eigenvalue weighted by molar-refractivity contribution is 6.11. The Balaban J connectivity index is 1.44. The fraction of sp³-hybridized carbons (Fsp3) is 0.200. The predicted molar refractivity (Wildman–Crippen MR) is 168 cm³/mol. The Morgan fingerprint density at radius 1 is 0.800 bits per heavy atom. The van der Waals surface area contributed by atoms with Gasteiger partial charge in [0.25, 0.3) is 0 Å². The Labute approximate surface area is 236 Å². The van der Waals surface area contributed by atoms with Crippen molar-refractivity contribution in [2.45, 2.75) is 40.7 Å². The van der Waals surface area contributed by atoms with Crippen LogP contribution in [0.1, 0.15) is 38.4 Å². The molecular formula is C35H35N5. The lowest BCUT2D eigenvalue weighted by molar-refractivity contribution is 0.531. The van der Waals surface area contributed by atoms with E-state index in [9.17, 15) is 0 Å². The Bertz CT molecular complexity index is 1790. The monoisotopic (exact) mass is 525 g/mol. The molecule has 6 rings (SSSR count). The van der Waals surface area contributed by atoms with Crippen LogP contribution in [0, 0.1) is 12.8 Å². The third kappa shape index (κ3) is 4.91. The lowest BCUT2D eigenvalue weighted by Crippen LogP contribution is -2.13. The van der Waals surface area contributed by atoms with Crippen LogP contribution in [-0.4, -0.2) is 20.1 Å². The van der Waals surface area contributed by atoms with Crippen molar-refractivity contribution < 1.29 is 0 Å². The zero-order chi connectivity index (χ0) is 27.6. The number of anilines is 2. The molecule has 0 aliphatic rings. The molecule has 2 heterocycles. The van der Waals surface area contributed by atoms with Crippen molar-refractivity contribution in [2.24, 2.45) is 11.0 Å². The van der Waals surface area contributed by atoms with Crippen LogP contribution < -0.4 is 5.01 Å². The van der Waals surface area contributed by atoms with Crippen LogP contribution in [0.3, 0.4) is 0 Å². The van der Waals surface area contributed by atoms with E-state index in [1.807, 2.05) is 46.1 Å². The van der Waals surface area contributed by atoms with Crippen LogP contribution in [0.5, 0.6) is 0 Å². The summed E-state index contributed by atoms with van der Waals surface area (Å²) in [5.74, 6) is 1.43. The fourth-order valence-electron chi connectivity index (χ4n) is 5.32. The number of aromatic nitrogens is 3. The van der Waals surface area contributed by atoms with Crippen LogP contribution in [0.2, 0.25) is 0 Å². The van der Waals surface area contributed by atoms with Gasteiger partial charge in [-0.3, -0.25) is 0 Å². The highest BCUT2D eigenvalue weighted by Gasteiger charge is 2.17. The molecule has 0 bridgehead atoms. The number of hydrogen-bond donors (Lipinski definition) is 0. The van der Waals surface area contributed by atoms with E-state index in [0.29, 0.717) is 5.92 Å². The summed E-state index contributed by atoms with van der Waals surface area (Å²) >= 11 is 0. The normalized spacial score (nSPS) is 12.1. The number of hydrazone groups is 1. The summed E-state index contributed by atoms with van der Waals surface area (Å²) in [6.45, 7) is 9.74. The number of hydrogen-bond acceptors (Lipinski definition) is 3. The summed E-state index contributed by atoms with van der Waals surface area (Å²) in [5.41, 5.74) is 7.63. The average Bonchev–Trinajstić information content (AvgIpc) is 3.52. The smallest absolute Gasteiger partial charge is 0.176 e. The third-order valence-electron chi connectivity index (χ3n) is 7.46. The minimum atomic E-state index is 0.655. The topological polar surface area (TPSA) is 38.4 Å². The number of aryl methyl sites for hydroxylation is 2. The predicted octanol–water partition coefficient (Wildman–Crippen LogP) is 8.90. The van der Waals surface area contributed by atoms with Crippen LogP contribution >= 0.6 is 0 Å². The van der Waals surface area contributed by atoms with Gasteiger partial charge in [0.05, 0.1) is 17.1 Å². The minimum Gasteiger partial charge on any atom is -0.340 e. The molecule has 0 atom stereocenters. The van der Waals surface area contributed by atoms with Crippen molar-refractivity contribution in [3.05, 3.63) is 120 Å². The molecule has 4 aromatic carbocycles. The first kappa shape index (κ1) is 25.6. The Morgan fingerprint density at radius 2 is 1.48 bits per heavy atom. The van der Waals surface area contributed by atoms with Crippen molar-refractivity contribution in [1.82, 2.24) is 14.3 Å². The van der Waals surface area contributed by atoms with Gasteiger partial charge in [-0.05, 0) is 74.2 Å². The van der Waals surface area contributed by atoms with Gasteiger partial charge in [0.1, 0.15) is 0 Å². The maximum Gasteiger partial charge on any atom is 0.176 e. The summed E-state index contributed by atoms with van der Waals surface area (Å²) in [4.78, 5) is 0. The zero-order valence-electron chi connectivity index (χ0n) is 23.6. The molecule has 0 radical (unpaired) electrons. The first-order valence-electron chi connectivity index (χ1n) is 14.0. The van der Waals surface area contributed by atoms with E-state index in [0.717, 1.165) is 47.1 Å². The second kappa shape index (κ2) is 10.9. The Kier molecular flexibility index (Phi) is 6.95. The van der Waals surface area contributed by atoms with E-state index in [4.69, 9.17) is 10.2 Å². The highest BCUT2D eigenvalue weighted by Crippen LogP contribution is 2.32. The molecule has 5 nitrogen and oxygen atoms in total. The lowest BCUT2D eigenvalue weighted by atomic mass is 10.1. The van der Waals surface area contributed by atoms with E-state index in [1.54, 1.807) is 0 Å². The molecule has 0 saturated carbocycles. The van der Waals surface area contributed by atoms with Gasteiger partial charge < -0.3 is 4.57 Å². The first-order valence-corrected chi connectivity index (χ1v) is 14.0. The second-order valence-corrected chi connectivity index (χ2v) is 10.8. The Morgan fingerprint density at radius 3 is 2.23 bits per heavy atom. The van der Waals surface area contributed by atoms with Gasteiger partial charge in [-0.2, -0.15) is 5.10 Å². The second-order valence-electron chi connectivity index (χ2n) is 10.8. The van der Waals surface area contributed by atoms with Gasteiger partial charge >= 0.3 is 0 Å². The van der Waals surface area contributed by atoms with Crippen molar-refractivity contribution >= 4 is 39.0 Å². The molecule has 200 valence electrons. The molecule has 0 aliphatic heterocycles. The SMILES string of the molecule is CC(=NN(c1ccccc1)c1cc(C)n(-c2ccccc2)n1)c1ccc2c(c1)c1ccccc1n2CCC(C)C. The van der Waals surface area contributed by atoms with Crippen LogP contribution in [0.25, 0.3) is 27.5 Å². The molecule has 6 aromatic rings. The molecule has 0 fully saturated rings. The maximum atomic E-state index is 5.16. The van der Waals surface area contributed by atoms with Gasteiger partial charge in [0.2, 0.25) is 0 Å². The fourth-order valence-corrected chi connectivity index (χ4v) is 5.32. The van der Waals surface area contributed by atoms with Crippen LogP contribution in [-0.2, 0) is 6.54 Å². The number of para-hydroxylation sites is 3. The molecule has 0 spiro atoms. The first-order chi connectivity index (χ1) is 19.5. The average molecular weight is 526 g/mol. The molecule has 40 heavy (non-hydrogen) atoms. The number of benzene rings is 4. The molecule has 2 aromatic heterocycles. The molecule has 0 aliphatic carbocycles.